The number of hydrogen-bond donors (Lipinski definition) is 4. The van der Waals surface area contributed by atoms with E-state index in [1.807, 2.05) is 0 Å². The van der Waals surface area contributed by atoms with Crippen molar-refractivity contribution in [2.75, 3.05) is 6.61 Å². The standard InChI is InChI=1S/C70H139NO4/c1-3-5-7-9-11-13-15-17-19-21-23-25-27-29-30-31-32-33-34-35-36-37-38-39-40-41-43-45-47-49-51-53-55-57-59-61-63-65-69(74)71-67(66-72)70(75)68(73)64-62-60-58-56-54-52-50-48-46-44-42-28-26-24-22-20-18-16-14-12-10-8-6-4-2/h33-34,67-68,70,72-73,75H,3-32,35-66H2,1-2H3,(H,71,74)/b34-33-. The highest BCUT2D eigenvalue weighted by Crippen LogP contribution is 2.20. The van der Waals surface area contributed by atoms with Crippen LogP contribution >= 0.6 is 0 Å². The van der Waals surface area contributed by atoms with Crippen LogP contribution in [0.3, 0.4) is 0 Å². The number of allylic oxidation sites excluding steroid dienone is 2. The first-order valence-electron chi connectivity index (χ1n) is 35.0. The Morgan fingerprint density at radius 1 is 0.320 bits per heavy atom. The first-order valence-corrected chi connectivity index (χ1v) is 35.0. The Morgan fingerprint density at radius 2 is 0.533 bits per heavy atom. The second-order valence-electron chi connectivity index (χ2n) is 24.4. The summed E-state index contributed by atoms with van der Waals surface area (Å²) in [6.45, 7) is 4.24. The zero-order chi connectivity index (χ0) is 54.3. The molecule has 75 heavy (non-hydrogen) atoms. The lowest BCUT2D eigenvalue weighted by molar-refractivity contribution is -0.124. The number of unbranched alkanes of at least 4 members (excludes halogenated alkanes) is 56. The van der Waals surface area contributed by atoms with Gasteiger partial charge >= 0.3 is 0 Å². The van der Waals surface area contributed by atoms with Crippen LogP contribution in [0.1, 0.15) is 406 Å². The molecule has 0 radical (unpaired) electrons. The number of rotatable bonds is 66. The molecule has 0 aliphatic rings. The normalized spacial score (nSPS) is 13.1. The van der Waals surface area contributed by atoms with Crippen molar-refractivity contribution < 1.29 is 20.1 Å². The Labute approximate surface area is 471 Å². The molecule has 0 aromatic heterocycles. The van der Waals surface area contributed by atoms with E-state index in [0.717, 1.165) is 32.1 Å². The molecule has 5 nitrogen and oxygen atoms in total. The predicted octanol–water partition coefficient (Wildman–Crippen LogP) is 22.6. The monoisotopic (exact) mass is 1060 g/mol. The lowest BCUT2D eigenvalue weighted by Gasteiger charge is -2.26. The van der Waals surface area contributed by atoms with Gasteiger partial charge in [-0.05, 0) is 38.5 Å². The number of aliphatic hydroxyl groups excluding tert-OH is 3. The van der Waals surface area contributed by atoms with Gasteiger partial charge in [0.1, 0.15) is 6.10 Å². The predicted molar refractivity (Wildman–Crippen MR) is 333 cm³/mol. The fourth-order valence-corrected chi connectivity index (χ4v) is 11.5. The van der Waals surface area contributed by atoms with Crippen molar-refractivity contribution in [3.05, 3.63) is 12.2 Å². The highest BCUT2D eigenvalue weighted by molar-refractivity contribution is 5.76. The summed E-state index contributed by atoms with van der Waals surface area (Å²) in [5.74, 6) is -0.135. The van der Waals surface area contributed by atoms with Gasteiger partial charge in [-0.25, -0.2) is 0 Å². The van der Waals surface area contributed by atoms with Crippen LogP contribution in [0.25, 0.3) is 0 Å². The minimum atomic E-state index is -1.13. The van der Waals surface area contributed by atoms with Crippen LogP contribution in [0, 0.1) is 0 Å². The second-order valence-corrected chi connectivity index (χ2v) is 24.4. The average Bonchev–Trinajstić information content (AvgIpc) is 3.41. The van der Waals surface area contributed by atoms with E-state index in [-0.39, 0.29) is 12.5 Å². The molecule has 4 N–H and O–H groups in total. The fraction of sp³-hybridized carbons (Fsp3) is 0.957. The summed E-state index contributed by atoms with van der Waals surface area (Å²) in [5.41, 5.74) is 0. The first kappa shape index (κ1) is 74.1. The molecular weight excluding hydrogens is 919 g/mol. The van der Waals surface area contributed by atoms with E-state index >= 15 is 0 Å². The largest absolute Gasteiger partial charge is 0.394 e. The number of aliphatic hydroxyl groups is 3. The van der Waals surface area contributed by atoms with Crippen molar-refractivity contribution in [2.24, 2.45) is 0 Å². The van der Waals surface area contributed by atoms with E-state index in [1.165, 1.54) is 347 Å². The summed E-state index contributed by atoms with van der Waals surface area (Å²) < 4.78 is 0. The van der Waals surface area contributed by atoms with E-state index in [0.29, 0.717) is 12.8 Å². The molecule has 1 amide bonds. The highest BCUT2D eigenvalue weighted by atomic mass is 16.3. The lowest BCUT2D eigenvalue weighted by atomic mass is 9.99. The molecule has 0 aromatic rings. The lowest BCUT2D eigenvalue weighted by Crippen LogP contribution is -2.50. The van der Waals surface area contributed by atoms with Crippen molar-refractivity contribution in [1.29, 1.82) is 0 Å². The summed E-state index contributed by atoms with van der Waals surface area (Å²) in [5, 5.41) is 34.0. The first-order chi connectivity index (χ1) is 37.1. The van der Waals surface area contributed by atoms with Gasteiger partial charge in [-0.15, -0.1) is 0 Å². The number of hydrogen-bond acceptors (Lipinski definition) is 4. The molecule has 0 heterocycles. The average molecular weight is 1060 g/mol. The zero-order valence-corrected chi connectivity index (χ0v) is 51.5. The quantitative estimate of drug-likeness (QED) is 0.0361. The van der Waals surface area contributed by atoms with Gasteiger partial charge in [-0.1, -0.05) is 373 Å². The molecule has 448 valence electrons. The van der Waals surface area contributed by atoms with Crippen molar-refractivity contribution >= 4 is 5.91 Å². The maximum Gasteiger partial charge on any atom is 0.220 e. The van der Waals surface area contributed by atoms with Gasteiger partial charge in [0.2, 0.25) is 5.91 Å². The summed E-state index contributed by atoms with van der Waals surface area (Å²) in [4.78, 5) is 12.6. The van der Waals surface area contributed by atoms with Gasteiger partial charge in [-0.2, -0.15) is 0 Å². The fourth-order valence-electron chi connectivity index (χ4n) is 11.5. The molecule has 0 rings (SSSR count). The Hall–Kier alpha value is -0.910. The third kappa shape index (κ3) is 60.6. The van der Waals surface area contributed by atoms with Crippen LogP contribution in [0.4, 0.5) is 0 Å². The third-order valence-corrected chi connectivity index (χ3v) is 16.9. The maximum atomic E-state index is 12.6. The summed E-state index contributed by atoms with van der Waals surface area (Å²) in [6, 6.07) is -0.808. The van der Waals surface area contributed by atoms with Gasteiger partial charge in [0, 0.05) is 6.42 Å². The number of carbonyl (C=O) groups excluding carboxylic acids is 1. The van der Waals surface area contributed by atoms with Gasteiger partial charge < -0.3 is 20.6 Å². The minimum Gasteiger partial charge on any atom is -0.394 e. The Kier molecular flexibility index (Phi) is 64.8. The second kappa shape index (κ2) is 65.6. The third-order valence-electron chi connectivity index (χ3n) is 16.9. The summed E-state index contributed by atoms with van der Waals surface area (Å²) in [7, 11) is 0. The summed E-state index contributed by atoms with van der Waals surface area (Å²) in [6.07, 6.45) is 84.3. The number of amides is 1. The molecule has 0 spiro atoms. The number of carbonyl (C=O) groups is 1. The molecular formula is C70H139NO4. The van der Waals surface area contributed by atoms with Crippen LogP contribution in [0.5, 0.6) is 0 Å². The molecule has 3 unspecified atom stereocenters. The van der Waals surface area contributed by atoms with E-state index in [9.17, 15) is 20.1 Å². The molecule has 0 fully saturated rings. The Balaban J connectivity index is 3.43. The number of nitrogens with one attached hydrogen (secondary N) is 1. The van der Waals surface area contributed by atoms with Gasteiger partial charge in [0.25, 0.3) is 0 Å². The summed E-state index contributed by atoms with van der Waals surface area (Å²) >= 11 is 0. The van der Waals surface area contributed by atoms with Crippen LogP contribution < -0.4 is 5.32 Å². The van der Waals surface area contributed by atoms with Crippen molar-refractivity contribution in [3.63, 3.8) is 0 Å². The molecule has 0 aliphatic carbocycles. The molecule has 0 aromatic carbocycles. The zero-order valence-electron chi connectivity index (χ0n) is 51.5. The molecule has 0 saturated carbocycles. The van der Waals surface area contributed by atoms with E-state index < -0.39 is 18.2 Å². The minimum absolute atomic E-state index is 0.135. The van der Waals surface area contributed by atoms with Crippen molar-refractivity contribution in [3.8, 4) is 0 Å². The van der Waals surface area contributed by atoms with Gasteiger partial charge in [0.05, 0.1) is 18.8 Å². The van der Waals surface area contributed by atoms with Crippen LogP contribution in [-0.4, -0.2) is 46.1 Å². The topological polar surface area (TPSA) is 89.8 Å². The van der Waals surface area contributed by atoms with Gasteiger partial charge in [-0.3, -0.25) is 4.79 Å². The van der Waals surface area contributed by atoms with Gasteiger partial charge in [0.15, 0.2) is 0 Å². The molecule has 0 bridgehead atoms. The smallest absolute Gasteiger partial charge is 0.220 e. The van der Waals surface area contributed by atoms with Crippen LogP contribution in [0.15, 0.2) is 12.2 Å². The molecule has 5 heteroatoms. The highest BCUT2D eigenvalue weighted by Gasteiger charge is 2.26. The Morgan fingerprint density at radius 3 is 0.773 bits per heavy atom. The molecule has 3 atom stereocenters. The Bertz CT molecular complexity index is 1080. The van der Waals surface area contributed by atoms with Crippen LogP contribution in [0.2, 0.25) is 0 Å². The maximum absolute atomic E-state index is 12.6. The van der Waals surface area contributed by atoms with Crippen LogP contribution in [-0.2, 0) is 4.79 Å². The SMILES string of the molecule is CCCCCCCCCCCCCCCCCC/C=C\CCCCCCCCCCCCCCCCCCCC(=O)NC(CO)C(O)C(O)CCCCCCCCCCCCCCCCCCCCCCCCCC. The van der Waals surface area contributed by atoms with Crippen molar-refractivity contribution in [1.82, 2.24) is 5.32 Å². The van der Waals surface area contributed by atoms with E-state index in [4.69, 9.17) is 0 Å². The molecule has 0 aliphatic heterocycles. The van der Waals surface area contributed by atoms with Crippen molar-refractivity contribution in [2.45, 2.75) is 424 Å². The molecule has 0 saturated heterocycles. The van der Waals surface area contributed by atoms with E-state index in [2.05, 4.69) is 31.3 Å². The van der Waals surface area contributed by atoms with E-state index in [1.54, 1.807) is 0 Å².